The highest BCUT2D eigenvalue weighted by molar-refractivity contribution is 5.51. The van der Waals surface area contributed by atoms with E-state index < -0.39 is 0 Å². The zero-order chi connectivity index (χ0) is 11.4. The van der Waals surface area contributed by atoms with Crippen LogP contribution < -0.4 is 5.32 Å². The Bertz CT molecular complexity index is 331. The third-order valence-corrected chi connectivity index (χ3v) is 3.21. The predicted molar refractivity (Wildman–Crippen MR) is 67.6 cm³/mol. The fourth-order valence-corrected chi connectivity index (χ4v) is 2.24. The largest absolute Gasteiger partial charge is 0.382 e. The summed E-state index contributed by atoms with van der Waals surface area (Å²) >= 11 is 0. The number of nitrogens with one attached hydrogen (secondary N) is 1. The van der Waals surface area contributed by atoms with Gasteiger partial charge in [-0.2, -0.15) is 0 Å². The first-order valence-electron chi connectivity index (χ1n) is 6.21. The van der Waals surface area contributed by atoms with Gasteiger partial charge in [-0.25, -0.2) is 0 Å². The molecule has 0 heterocycles. The molecule has 1 aromatic carbocycles. The van der Waals surface area contributed by atoms with Crippen molar-refractivity contribution < 1.29 is 4.74 Å². The van der Waals surface area contributed by atoms with E-state index in [2.05, 4.69) is 36.5 Å². The van der Waals surface area contributed by atoms with Crippen molar-refractivity contribution in [3.63, 3.8) is 0 Å². The van der Waals surface area contributed by atoms with Crippen molar-refractivity contribution in [2.45, 2.75) is 39.3 Å². The van der Waals surface area contributed by atoms with Gasteiger partial charge in [0.1, 0.15) is 0 Å². The van der Waals surface area contributed by atoms with E-state index in [1.165, 1.54) is 24.1 Å². The summed E-state index contributed by atoms with van der Waals surface area (Å²) in [7, 11) is 0. The zero-order valence-corrected chi connectivity index (χ0v) is 10.2. The van der Waals surface area contributed by atoms with Crippen molar-refractivity contribution in [1.29, 1.82) is 0 Å². The summed E-state index contributed by atoms with van der Waals surface area (Å²) in [5, 5.41) is 3.61. The minimum Gasteiger partial charge on any atom is -0.382 e. The summed E-state index contributed by atoms with van der Waals surface area (Å²) in [5.41, 5.74) is 2.51. The SMILES string of the molecule is CCOCc1ccccc1NC1CC(C)C1. The zero-order valence-electron chi connectivity index (χ0n) is 10.2. The van der Waals surface area contributed by atoms with Gasteiger partial charge in [0.25, 0.3) is 0 Å². The van der Waals surface area contributed by atoms with Crippen LogP contribution in [0.4, 0.5) is 5.69 Å². The third-order valence-electron chi connectivity index (χ3n) is 3.21. The van der Waals surface area contributed by atoms with Crippen molar-refractivity contribution in [3.8, 4) is 0 Å². The second-order valence-corrected chi connectivity index (χ2v) is 4.71. The molecule has 0 atom stereocenters. The molecule has 0 aliphatic heterocycles. The molecule has 0 unspecified atom stereocenters. The molecule has 1 aromatic rings. The summed E-state index contributed by atoms with van der Waals surface area (Å²) in [6, 6.07) is 9.11. The van der Waals surface area contributed by atoms with Gasteiger partial charge in [-0.1, -0.05) is 25.1 Å². The van der Waals surface area contributed by atoms with Gasteiger partial charge < -0.3 is 10.1 Å². The maximum Gasteiger partial charge on any atom is 0.0736 e. The van der Waals surface area contributed by atoms with Gasteiger partial charge in [-0.15, -0.1) is 0 Å². The van der Waals surface area contributed by atoms with E-state index in [1.807, 2.05) is 6.92 Å². The summed E-state index contributed by atoms with van der Waals surface area (Å²) in [6.07, 6.45) is 2.59. The van der Waals surface area contributed by atoms with Gasteiger partial charge >= 0.3 is 0 Å². The van der Waals surface area contributed by atoms with Crippen molar-refractivity contribution in [3.05, 3.63) is 29.8 Å². The molecule has 0 radical (unpaired) electrons. The fourth-order valence-electron chi connectivity index (χ4n) is 2.24. The third kappa shape index (κ3) is 2.76. The number of para-hydroxylation sites is 1. The first-order chi connectivity index (χ1) is 7.79. The first kappa shape index (κ1) is 11.5. The van der Waals surface area contributed by atoms with Crippen LogP contribution in [0.15, 0.2) is 24.3 Å². The minimum atomic E-state index is 0.665. The first-order valence-corrected chi connectivity index (χ1v) is 6.21. The molecule has 1 aliphatic rings. The number of hydrogen-bond acceptors (Lipinski definition) is 2. The van der Waals surface area contributed by atoms with Crippen molar-refractivity contribution in [1.82, 2.24) is 0 Å². The van der Waals surface area contributed by atoms with E-state index in [4.69, 9.17) is 4.74 Å². The fraction of sp³-hybridized carbons (Fsp3) is 0.571. The Morgan fingerprint density at radius 3 is 2.75 bits per heavy atom. The molecule has 0 spiro atoms. The van der Waals surface area contributed by atoms with Gasteiger partial charge in [0, 0.05) is 23.9 Å². The highest BCUT2D eigenvalue weighted by Crippen LogP contribution is 2.30. The van der Waals surface area contributed by atoms with Crippen molar-refractivity contribution >= 4 is 5.69 Å². The Morgan fingerprint density at radius 1 is 1.31 bits per heavy atom. The van der Waals surface area contributed by atoms with Crippen LogP contribution >= 0.6 is 0 Å². The maximum absolute atomic E-state index is 5.47. The molecule has 0 amide bonds. The van der Waals surface area contributed by atoms with Crippen LogP contribution in [0.1, 0.15) is 32.3 Å². The molecule has 1 saturated carbocycles. The molecule has 0 aromatic heterocycles. The second-order valence-electron chi connectivity index (χ2n) is 4.71. The molecule has 1 N–H and O–H groups in total. The molecule has 2 nitrogen and oxygen atoms in total. The Labute approximate surface area is 98.0 Å². The lowest BCUT2D eigenvalue weighted by Gasteiger charge is -2.34. The lowest BCUT2D eigenvalue weighted by Crippen LogP contribution is -2.34. The number of anilines is 1. The van der Waals surface area contributed by atoms with E-state index in [0.29, 0.717) is 12.6 Å². The summed E-state index contributed by atoms with van der Waals surface area (Å²) in [5.74, 6) is 0.886. The Balaban J connectivity index is 1.96. The molecule has 88 valence electrons. The summed E-state index contributed by atoms with van der Waals surface area (Å²) in [4.78, 5) is 0. The lowest BCUT2D eigenvalue weighted by molar-refractivity contribution is 0.134. The van der Waals surface area contributed by atoms with Crippen LogP contribution in [0.2, 0.25) is 0 Å². The van der Waals surface area contributed by atoms with E-state index in [-0.39, 0.29) is 0 Å². The summed E-state index contributed by atoms with van der Waals surface area (Å²) < 4.78 is 5.47. The van der Waals surface area contributed by atoms with E-state index in [9.17, 15) is 0 Å². The molecular weight excluding hydrogens is 198 g/mol. The molecule has 0 saturated heterocycles. The van der Waals surface area contributed by atoms with Crippen LogP contribution in [-0.2, 0) is 11.3 Å². The summed E-state index contributed by atoms with van der Waals surface area (Å²) in [6.45, 7) is 5.82. The van der Waals surface area contributed by atoms with Crippen molar-refractivity contribution in [2.75, 3.05) is 11.9 Å². The van der Waals surface area contributed by atoms with E-state index >= 15 is 0 Å². The highest BCUT2D eigenvalue weighted by Gasteiger charge is 2.25. The normalized spacial score (nSPS) is 23.9. The van der Waals surface area contributed by atoms with Crippen LogP contribution in [0.5, 0.6) is 0 Å². The molecule has 16 heavy (non-hydrogen) atoms. The van der Waals surface area contributed by atoms with Crippen LogP contribution in [0.25, 0.3) is 0 Å². The highest BCUT2D eigenvalue weighted by atomic mass is 16.5. The minimum absolute atomic E-state index is 0.665. The Morgan fingerprint density at radius 2 is 2.06 bits per heavy atom. The lowest BCUT2D eigenvalue weighted by atomic mass is 9.81. The number of ether oxygens (including phenoxy) is 1. The average Bonchev–Trinajstić information content (AvgIpc) is 2.26. The second kappa shape index (κ2) is 5.35. The smallest absolute Gasteiger partial charge is 0.0736 e. The van der Waals surface area contributed by atoms with Gasteiger partial charge in [-0.3, -0.25) is 0 Å². The molecule has 1 fully saturated rings. The maximum atomic E-state index is 5.47. The van der Waals surface area contributed by atoms with Crippen molar-refractivity contribution in [2.24, 2.45) is 5.92 Å². The molecule has 2 rings (SSSR count). The van der Waals surface area contributed by atoms with Gasteiger partial charge in [0.05, 0.1) is 6.61 Å². The van der Waals surface area contributed by atoms with E-state index in [1.54, 1.807) is 0 Å². The molecule has 1 aliphatic carbocycles. The quantitative estimate of drug-likeness (QED) is 0.819. The van der Waals surface area contributed by atoms with Crippen LogP contribution in [-0.4, -0.2) is 12.6 Å². The Kier molecular flexibility index (Phi) is 3.83. The number of benzene rings is 1. The molecular formula is C14H21NO. The van der Waals surface area contributed by atoms with Gasteiger partial charge in [0.15, 0.2) is 0 Å². The predicted octanol–water partition coefficient (Wildman–Crippen LogP) is 3.43. The average molecular weight is 219 g/mol. The molecule has 0 bridgehead atoms. The number of rotatable bonds is 5. The van der Waals surface area contributed by atoms with Crippen LogP contribution in [0, 0.1) is 5.92 Å². The standard InChI is InChI=1S/C14H21NO/c1-3-16-10-12-6-4-5-7-14(12)15-13-8-11(2)9-13/h4-7,11,13,15H,3,8-10H2,1-2H3. The monoisotopic (exact) mass is 219 g/mol. The van der Waals surface area contributed by atoms with Gasteiger partial charge in [0.2, 0.25) is 0 Å². The van der Waals surface area contributed by atoms with Gasteiger partial charge in [-0.05, 0) is 31.7 Å². The topological polar surface area (TPSA) is 21.3 Å². The van der Waals surface area contributed by atoms with E-state index in [0.717, 1.165) is 12.5 Å². The van der Waals surface area contributed by atoms with Crippen LogP contribution in [0.3, 0.4) is 0 Å². The number of hydrogen-bond donors (Lipinski definition) is 1. The molecule has 2 heteroatoms. The Hall–Kier alpha value is -1.02.